The highest BCUT2D eigenvalue weighted by atomic mass is 16.2. The smallest absolute Gasteiger partial charge is 0.259 e. The summed E-state index contributed by atoms with van der Waals surface area (Å²) in [7, 11) is 0. The molecule has 0 aliphatic heterocycles. The van der Waals surface area contributed by atoms with Gasteiger partial charge in [-0.2, -0.15) is 0 Å². The molecule has 0 aliphatic rings. The number of rotatable bonds is 4. The minimum absolute atomic E-state index is 0.115. The Hall–Kier alpha value is -3.15. The minimum atomic E-state index is -0.701. The summed E-state index contributed by atoms with van der Waals surface area (Å²) in [4.78, 5) is 38.7. The molecule has 1 aromatic heterocycles. The van der Waals surface area contributed by atoms with Crippen molar-refractivity contribution >= 4 is 0 Å². The van der Waals surface area contributed by atoms with Crippen LogP contribution in [-0.2, 0) is 13.1 Å². The number of nitrogens with zero attached hydrogens (tertiary/aromatic N) is 2. The fourth-order valence-electron chi connectivity index (χ4n) is 2.36. The molecule has 116 valence electrons. The molecule has 6 heteroatoms. The lowest BCUT2D eigenvalue weighted by molar-refractivity contribution is 0.560. The second-order valence-corrected chi connectivity index (χ2v) is 5.16. The summed E-state index contributed by atoms with van der Waals surface area (Å²) in [6.45, 7) is 0.230. The van der Waals surface area contributed by atoms with Crippen LogP contribution < -0.4 is 17.1 Å². The Kier molecular flexibility index (Phi) is 4.05. The topological polar surface area (TPSA) is 76.9 Å². The van der Waals surface area contributed by atoms with Crippen molar-refractivity contribution in [1.29, 1.82) is 0 Å². The van der Waals surface area contributed by atoms with Crippen molar-refractivity contribution in [1.82, 2.24) is 14.1 Å². The van der Waals surface area contributed by atoms with Gasteiger partial charge in [-0.05, 0) is 11.1 Å². The van der Waals surface area contributed by atoms with Crippen LogP contribution in [0.4, 0.5) is 0 Å². The van der Waals surface area contributed by atoms with Crippen molar-refractivity contribution in [3.8, 4) is 0 Å². The zero-order chi connectivity index (χ0) is 16.2. The van der Waals surface area contributed by atoms with Gasteiger partial charge in [0.25, 0.3) is 0 Å². The van der Waals surface area contributed by atoms with Gasteiger partial charge < -0.3 is 0 Å². The molecule has 1 heterocycles. The van der Waals surface area contributed by atoms with Crippen molar-refractivity contribution < 1.29 is 0 Å². The Morgan fingerprint density at radius 3 is 1.43 bits per heavy atom. The lowest BCUT2D eigenvalue weighted by Crippen LogP contribution is -2.49. The molecule has 0 unspecified atom stereocenters. The molecule has 0 radical (unpaired) electrons. The molecule has 23 heavy (non-hydrogen) atoms. The lowest BCUT2D eigenvalue weighted by Gasteiger charge is -2.09. The number of aromatic amines is 1. The van der Waals surface area contributed by atoms with E-state index < -0.39 is 17.1 Å². The second-order valence-electron chi connectivity index (χ2n) is 5.16. The van der Waals surface area contributed by atoms with E-state index in [1.165, 1.54) is 0 Å². The maximum atomic E-state index is 12.5. The van der Waals surface area contributed by atoms with Gasteiger partial charge in [0, 0.05) is 0 Å². The van der Waals surface area contributed by atoms with Crippen LogP contribution in [0.2, 0.25) is 0 Å². The van der Waals surface area contributed by atoms with Crippen molar-refractivity contribution in [2.75, 3.05) is 0 Å². The summed E-state index contributed by atoms with van der Waals surface area (Å²) >= 11 is 0. The van der Waals surface area contributed by atoms with E-state index in [4.69, 9.17) is 0 Å². The predicted octanol–water partition coefficient (Wildman–Crippen LogP) is 0.795. The Morgan fingerprint density at radius 2 is 1.04 bits per heavy atom. The molecule has 0 saturated heterocycles. The second kappa shape index (κ2) is 6.31. The summed E-state index contributed by atoms with van der Waals surface area (Å²) in [6, 6.07) is 18.3. The summed E-state index contributed by atoms with van der Waals surface area (Å²) in [6.07, 6.45) is 0. The first-order chi connectivity index (χ1) is 11.1. The number of benzene rings is 2. The first-order valence-corrected chi connectivity index (χ1v) is 7.17. The largest absolute Gasteiger partial charge is 0.336 e. The average molecular weight is 309 g/mol. The summed E-state index contributed by atoms with van der Waals surface area (Å²) in [5.41, 5.74) is -0.400. The summed E-state index contributed by atoms with van der Waals surface area (Å²) in [5.74, 6) is 0. The molecule has 6 nitrogen and oxygen atoms in total. The molecule has 0 fully saturated rings. The molecule has 1 N–H and O–H groups in total. The SMILES string of the molecule is O=c1[nH]c(=O)n(Cc2ccccc2)c(=O)n1Cc1ccccc1. The zero-order valence-corrected chi connectivity index (χ0v) is 12.3. The molecule has 0 spiro atoms. The van der Waals surface area contributed by atoms with Crippen LogP contribution in [0.5, 0.6) is 0 Å². The van der Waals surface area contributed by atoms with Crippen molar-refractivity contribution in [3.05, 3.63) is 103 Å². The van der Waals surface area contributed by atoms with Gasteiger partial charge in [0.2, 0.25) is 0 Å². The Balaban J connectivity index is 2.05. The zero-order valence-electron chi connectivity index (χ0n) is 12.3. The predicted molar refractivity (Wildman–Crippen MR) is 86.7 cm³/mol. The maximum Gasteiger partial charge on any atom is 0.336 e. The standard InChI is InChI=1S/C17H15N3O3/c21-15-18-16(22)20(12-14-9-5-2-6-10-14)17(23)19(15)11-13-7-3-1-4-8-13/h1-10H,11-12H2,(H,18,21,22). The van der Waals surface area contributed by atoms with E-state index in [0.717, 1.165) is 20.3 Å². The molecule has 0 atom stereocenters. The fraction of sp³-hybridized carbons (Fsp3) is 0.118. The number of nitrogens with one attached hydrogen (secondary N) is 1. The monoisotopic (exact) mass is 309 g/mol. The quantitative estimate of drug-likeness (QED) is 0.774. The van der Waals surface area contributed by atoms with Gasteiger partial charge in [0.15, 0.2) is 0 Å². The van der Waals surface area contributed by atoms with Gasteiger partial charge in [-0.1, -0.05) is 60.7 Å². The molecule has 3 rings (SSSR count). The third-order valence-corrected chi connectivity index (χ3v) is 3.53. The third kappa shape index (κ3) is 3.21. The molecule has 0 amide bonds. The van der Waals surface area contributed by atoms with Crippen molar-refractivity contribution in [3.63, 3.8) is 0 Å². The van der Waals surface area contributed by atoms with E-state index in [9.17, 15) is 14.4 Å². The first-order valence-electron chi connectivity index (χ1n) is 7.17. The van der Waals surface area contributed by atoms with Gasteiger partial charge in [0.1, 0.15) is 0 Å². The van der Waals surface area contributed by atoms with E-state index in [0.29, 0.717) is 0 Å². The van der Waals surface area contributed by atoms with Crippen molar-refractivity contribution in [2.45, 2.75) is 13.1 Å². The highest BCUT2D eigenvalue weighted by Crippen LogP contribution is 2.00. The highest BCUT2D eigenvalue weighted by molar-refractivity contribution is 5.16. The minimum Gasteiger partial charge on any atom is -0.259 e. The van der Waals surface area contributed by atoms with Gasteiger partial charge in [-0.3, -0.25) is 4.98 Å². The number of aromatic nitrogens is 3. The lowest BCUT2D eigenvalue weighted by atomic mass is 10.2. The summed E-state index contributed by atoms with van der Waals surface area (Å²) < 4.78 is 2.05. The molecule has 0 bridgehead atoms. The Morgan fingerprint density at radius 1 is 0.652 bits per heavy atom. The average Bonchev–Trinajstić information content (AvgIpc) is 2.57. The van der Waals surface area contributed by atoms with Crippen LogP contribution in [0.15, 0.2) is 75.0 Å². The van der Waals surface area contributed by atoms with Gasteiger partial charge in [-0.15, -0.1) is 0 Å². The highest BCUT2D eigenvalue weighted by Gasteiger charge is 2.10. The maximum absolute atomic E-state index is 12.5. The van der Waals surface area contributed by atoms with E-state index in [1.54, 1.807) is 0 Å². The van der Waals surface area contributed by atoms with E-state index >= 15 is 0 Å². The molecule has 0 saturated carbocycles. The molecule has 3 aromatic rings. The normalized spacial score (nSPS) is 10.6. The van der Waals surface area contributed by atoms with Gasteiger partial charge >= 0.3 is 17.1 Å². The van der Waals surface area contributed by atoms with Crippen LogP contribution in [0.25, 0.3) is 0 Å². The Labute approximate surface area is 131 Å². The molecule has 2 aromatic carbocycles. The molecular weight excluding hydrogens is 294 g/mol. The van der Waals surface area contributed by atoms with Gasteiger partial charge in [-0.25, -0.2) is 23.5 Å². The molecular formula is C17H15N3O3. The van der Waals surface area contributed by atoms with Crippen molar-refractivity contribution in [2.24, 2.45) is 0 Å². The van der Waals surface area contributed by atoms with Gasteiger partial charge in [0.05, 0.1) is 13.1 Å². The van der Waals surface area contributed by atoms with Crippen LogP contribution in [-0.4, -0.2) is 14.1 Å². The fourth-order valence-corrected chi connectivity index (χ4v) is 2.36. The Bertz CT molecular complexity index is 893. The first kappa shape index (κ1) is 14.8. The number of hydrogen-bond donors (Lipinski definition) is 1. The van der Waals surface area contributed by atoms with Crippen LogP contribution in [0.1, 0.15) is 11.1 Å². The van der Waals surface area contributed by atoms with Crippen LogP contribution >= 0.6 is 0 Å². The van der Waals surface area contributed by atoms with E-state index in [1.807, 2.05) is 60.7 Å². The third-order valence-electron chi connectivity index (χ3n) is 3.53. The number of hydrogen-bond acceptors (Lipinski definition) is 3. The summed E-state index contributed by atoms with van der Waals surface area (Å²) in [5, 5.41) is 0. The number of H-pyrrole nitrogens is 1. The van der Waals surface area contributed by atoms with E-state index in [2.05, 4.69) is 4.98 Å². The molecule has 0 aliphatic carbocycles. The van der Waals surface area contributed by atoms with Crippen LogP contribution in [0, 0.1) is 0 Å². The van der Waals surface area contributed by atoms with Crippen LogP contribution in [0.3, 0.4) is 0 Å². The van der Waals surface area contributed by atoms with E-state index in [-0.39, 0.29) is 13.1 Å².